The number of nitrogens with zero attached hydrogens (tertiary/aromatic N) is 3. The number of aromatic nitrogens is 2. The van der Waals surface area contributed by atoms with Crippen molar-refractivity contribution in [2.24, 2.45) is 0 Å². The first kappa shape index (κ1) is 10.3. The summed E-state index contributed by atoms with van der Waals surface area (Å²) in [5.41, 5.74) is 0. The lowest BCUT2D eigenvalue weighted by Crippen LogP contribution is -2.27. The largest absolute Gasteiger partial charge is 0.355 e. The molecule has 0 fully saturated rings. The van der Waals surface area contributed by atoms with Crippen LogP contribution in [0.1, 0.15) is 0 Å². The van der Waals surface area contributed by atoms with Gasteiger partial charge in [0.25, 0.3) is 0 Å². The molecule has 1 heterocycles. The topological polar surface area (TPSA) is 41.0 Å². The Labute approximate surface area is 90.5 Å². The maximum Gasteiger partial charge on any atom is 0.228 e. The highest BCUT2D eigenvalue weighted by Gasteiger charge is 2.00. The molecule has 0 aliphatic carbocycles. The molecule has 1 N–H and O–H groups in total. The standard InChI is InChI=1S/C7H9BrN4S/c1-12(2)7(13)11-6-9-3-5(8)4-10-6/h3-4H,1-2H3,(H,9,10,11,13). The molecule has 0 bridgehead atoms. The Hall–Kier alpha value is -0.750. The second kappa shape index (κ2) is 4.48. The van der Waals surface area contributed by atoms with E-state index >= 15 is 0 Å². The van der Waals surface area contributed by atoms with Crippen LogP contribution in [-0.4, -0.2) is 34.1 Å². The lowest BCUT2D eigenvalue weighted by Gasteiger charge is -2.13. The van der Waals surface area contributed by atoms with Crippen molar-refractivity contribution in [1.82, 2.24) is 14.9 Å². The molecule has 0 amide bonds. The zero-order valence-electron chi connectivity index (χ0n) is 7.28. The van der Waals surface area contributed by atoms with Crippen LogP contribution in [0, 0.1) is 0 Å². The molecule has 1 aromatic heterocycles. The summed E-state index contributed by atoms with van der Waals surface area (Å²) in [5.74, 6) is 0.502. The Balaban J connectivity index is 2.65. The van der Waals surface area contributed by atoms with Crippen molar-refractivity contribution in [3.8, 4) is 0 Å². The molecule has 0 radical (unpaired) electrons. The first-order valence-electron chi connectivity index (χ1n) is 3.55. The molecule has 0 saturated carbocycles. The predicted molar refractivity (Wildman–Crippen MR) is 59.6 cm³/mol. The normalized spacial score (nSPS) is 9.46. The van der Waals surface area contributed by atoms with Crippen molar-refractivity contribution in [3.05, 3.63) is 16.9 Å². The van der Waals surface area contributed by atoms with Gasteiger partial charge in [-0.05, 0) is 28.1 Å². The van der Waals surface area contributed by atoms with Gasteiger partial charge < -0.3 is 10.2 Å². The second-order valence-electron chi connectivity index (χ2n) is 2.55. The monoisotopic (exact) mass is 260 g/mol. The van der Waals surface area contributed by atoms with E-state index in [4.69, 9.17) is 12.2 Å². The number of hydrogen-bond donors (Lipinski definition) is 1. The first-order valence-corrected chi connectivity index (χ1v) is 4.75. The third-order valence-corrected chi connectivity index (χ3v) is 2.12. The van der Waals surface area contributed by atoms with E-state index in [1.807, 2.05) is 14.1 Å². The van der Waals surface area contributed by atoms with Crippen LogP contribution in [0.2, 0.25) is 0 Å². The van der Waals surface area contributed by atoms with Crippen molar-refractivity contribution in [2.45, 2.75) is 0 Å². The van der Waals surface area contributed by atoms with Crippen LogP contribution in [0.5, 0.6) is 0 Å². The summed E-state index contributed by atoms with van der Waals surface area (Å²) in [4.78, 5) is 9.81. The van der Waals surface area contributed by atoms with Crippen molar-refractivity contribution in [1.29, 1.82) is 0 Å². The summed E-state index contributed by atoms with van der Waals surface area (Å²) in [6, 6.07) is 0. The highest BCUT2D eigenvalue weighted by molar-refractivity contribution is 9.10. The summed E-state index contributed by atoms with van der Waals surface area (Å²) in [7, 11) is 3.71. The van der Waals surface area contributed by atoms with Crippen molar-refractivity contribution < 1.29 is 0 Å². The lowest BCUT2D eigenvalue weighted by molar-refractivity contribution is 0.633. The predicted octanol–water partition coefficient (Wildman–Crippen LogP) is 1.50. The van der Waals surface area contributed by atoms with Gasteiger partial charge >= 0.3 is 0 Å². The van der Waals surface area contributed by atoms with E-state index in [-0.39, 0.29) is 0 Å². The smallest absolute Gasteiger partial charge is 0.228 e. The number of hydrogen-bond acceptors (Lipinski definition) is 3. The molecule has 0 spiro atoms. The maximum absolute atomic E-state index is 5.02. The van der Waals surface area contributed by atoms with Crippen LogP contribution >= 0.6 is 28.1 Å². The fraction of sp³-hybridized carbons (Fsp3) is 0.286. The third kappa shape index (κ3) is 3.23. The van der Waals surface area contributed by atoms with Crippen molar-refractivity contribution in [3.63, 3.8) is 0 Å². The van der Waals surface area contributed by atoms with E-state index in [0.29, 0.717) is 11.1 Å². The molecule has 1 aromatic rings. The van der Waals surface area contributed by atoms with Crippen LogP contribution in [0.3, 0.4) is 0 Å². The van der Waals surface area contributed by atoms with E-state index in [1.54, 1.807) is 17.3 Å². The van der Waals surface area contributed by atoms with E-state index in [9.17, 15) is 0 Å². The SMILES string of the molecule is CN(C)C(=S)Nc1ncc(Br)cn1. The Morgan fingerprint density at radius 2 is 2.00 bits per heavy atom. The highest BCUT2D eigenvalue weighted by Crippen LogP contribution is 2.06. The highest BCUT2D eigenvalue weighted by atomic mass is 79.9. The quantitative estimate of drug-likeness (QED) is 0.776. The Morgan fingerprint density at radius 1 is 1.46 bits per heavy atom. The van der Waals surface area contributed by atoms with Gasteiger partial charge in [0.05, 0.1) is 4.47 Å². The van der Waals surface area contributed by atoms with Gasteiger partial charge in [-0.2, -0.15) is 0 Å². The Morgan fingerprint density at radius 3 is 2.46 bits per heavy atom. The van der Waals surface area contributed by atoms with E-state index < -0.39 is 0 Å². The molecular formula is C7H9BrN4S. The minimum atomic E-state index is 0.502. The fourth-order valence-corrected chi connectivity index (χ4v) is 0.880. The third-order valence-electron chi connectivity index (χ3n) is 1.25. The summed E-state index contributed by atoms with van der Waals surface area (Å²) in [5, 5.41) is 3.47. The molecule has 4 nitrogen and oxygen atoms in total. The van der Waals surface area contributed by atoms with Crippen LogP contribution in [0.25, 0.3) is 0 Å². The van der Waals surface area contributed by atoms with E-state index in [0.717, 1.165) is 4.47 Å². The van der Waals surface area contributed by atoms with Gasteiger partial charge in [-0.15, -0.1) is 0 Å². The minimum absolute atomic E-state index is 0.502. The molecule has 0 unspecified atom stereocenters. The van der Waals surface area contributed by atoms with Gasteiger partial charge in [-0.3, -0.25) is 0 Å². The maximum atomic E-state index is 5.02. The lowest BCUT2D eigenvalue weighted by atomic mass is 10.7. The van der Waals surface area contributed by atoms with Crippen LogP contribution < -0.4 is 5.32 Å². The van der Waals surface area contributed by atoms with Crippen molar-refractivity contribution in [2.75, 3.05) is 19.4 Å². The summed E-state index contributed by atoms with van der Waals surface area (Å²) < 4.78 is 0.842. The molecule has 1 rings (SSSR count). The molecule has 0 atom stereocenters. The number of thiocarbonyl (C=S) groups is 1. The summed E-state index contributed by atoms with van der Waals surface area (Å²) in [6.07, 6.45) is 3.32. The minimum Gasteiger partial charge on any atom is -0.355 e. The van der Waals surface area contributed by atoms with E-state index in [2.05, 4.69) is 31.2 Å². The van der Waals surface area contributed by atoms with Crippen LogP contribution in [0.4, 0.5) is 5.95 Å². The van der Waals surface area contributed by atoms with E-state index in [1.165, 1.54) is 0 Å². The molecule has 0 aromatic carbocycles. The zero-order chi connectivity index (χ0) is 9.84. The fourth-order valence-electron chi connectivity index (χ4n) is 0.584. The van der Waals surface area contributed by atoms with Gasteiger partial charge in [-0.1, -0.05) is 0 Å². The molecule has 0 aliphatic heterocycles. The number of halogens is 1. The number of anilines is 1. The first-order chi connectivity index (χ1) is 6.09. The number of rotatable bonds is 1. The zero-order valence-corrected chi connectivity index (χ0v) is 9.69. The van der Waals surface area contributed by atoms with Crippen molar-refractivity contribution >= 4 is 39.2 Å². The van der Waals surface area contributed by atoms with Crippen LogP contribution in [-0.2, 0) is 0 Å². The molecular weight excluding hydrogens is 252 g/mol. The molecule has 0 aliphatic rings. The average Bonchev–Trinajstić information content (AvgIpc) is 2.08. The van der Waals surface area contributed by atoms with Gasteiger partial charge in [0.1, 0.15) is 0 Å². The van der Waals surface area contributed by atoms with Gasteiger partial charge in [0, 0.05) is 26.5 Å². The number of nitrogens with one attached hydrogen (secondary N) is 1. The molecule has 6 heteroatoms. The Bertz CT molecular complexity index is 298. The summed E-state index contributed by atoms with van der Waals surface area (Å²) in [6.45, 7) is 0. The molecule has 13 heavy (non-hydrogen) atoms. The van der Waals surface area contributed by atoms with Gasteiger partial charge in [0.2, 0.25) is 5.95 Å². The van der Waals surface area contributed by atoms with Gasteiger partial charge in [-0.25, -0.2) is 9.97 Å². The Kier molecular flexibility index (Phi) is 3.56. The second-order valence-corrected chi connectivity index (χ2v) is 3.85. The molecule has 0 saturated heterocycles. The van der Waals surface area contributed by atoms with Crippen LogP contribution in [0.15, 0.2) is 16.9 Å². The van der Waals surface area contributed by atoms with Gasteiger partial charge in [0.15, 0.2) is 5.11 Å². The molecule has 70 valence electrons. The summed E-state index contributed by atoms with van der Waals surface area (Å²) >= 11 is 8.26. The average molecular weight is 261 g/mol.